The molecule has 4 heteroatoms. The molecule has 0 atom stereocenters. The first-order valence-electron chi connectivity index (χ1n) is 9.35. The summed E-state index contributed by atoms with van der Waals surface area (Å²) in [7, 11) is 0. The molecular weight excluding hydrogens is 324 g/mol. The maximum absolute atomic E-state index is 12.5. The Balaban J connectivity index is 5.31. The quantitative estimate of drug-likeness (QED) is 0.516. The molecule has 0 radical (unpaired) electrons. The van der Waals surface area contributed by atoms with Gasteiger partial charge in [-0.05, 0) is 49.0 Å². The fraction of sp³-hybridized carbons (Fsp3) is 0.727. The molecule has 0 aromatic carbocycles. The predicted molar refractivity (Wildman–Crippen MR) is 110 cm³/mol. The van der Waals surface area contributed by atoms with Crippen molar-refractivity contribution in [2.24, 2.45) is 16.2 Å². The maximum atomic E-state index is 12.5. The van der Waals surface area contributed by atoms with Crippen LogP contribution >= 0.6 is 0 Å². The van der Waals surface area contributed by atoms with Crippen LogP contribution in [0, 0.1) is 16.2 Å². The van der Waals surface area contributed by atoms with Crippen molar-refractivity contribution < 1.29 is 9.59 Å². The summed E-state index contributed by atoms with van der Waals surface area (Å²) < 4.78 is 0. The van der Waals surface area contributed by atoms with E-state index in [2.05, 4.69) is 67.4 Å². The monoisotopic (exact) mass is 364 g/mol. The Kier molecular flexibility index (Phi) is 7.90. The fourth-order valence-corrected chi connectivity index (χ4v) is 3.85. The number of nitrogens with zero attached hydrogens (tertiary/aromatic N) is 1. The highest BCUT2D eigenvalue weighted by Crippen LogP contribution is 2.34. The predicted octanol–water partition coefficient (Wildman–Crippen LogP) is 5.27. The molecule has 0 aromatic heterocycles. The first kappa shape index (κ1) is 24.4. The molecule has 0 rings (SSSR count). The molecule has 0 aliphatic carbocycles. The van der Waals surface area contributed by atoms with Crippen molar-refractivity contribution in [1.82, 2.24) is 10.4 Å². The van der Waals surface area contributed by atoms with Gasteiger partial charge in [-0.1, -0.05) is 68.0 Å². The van der Waals surface area contributed by atoms with Crippen molar-refractivity contribution >= 4 is 11.8 Å². The second-order valence-corrected chi connectivity index (χ2v) is 11.0. The van der Waals surface area contributed by atoms with Gasteiger partial charge in [-0.15, -0.1) is 0 Å². The van der Waals surface area contributed by atoms with Crippen LogP contribution in [0.1, 0.15) is 82.1 Å². The van der Waals surface area contributed by atoms with Gasteiger partial charge in [-0.2, -0.15) is 0 Å². The van der Waals surface area contributed by atoms with Crippen LogP contribution in [0.15, 0.2) is 24.8 Å². The molecule has 4 nitrogen and oxygen atoms in total. The van der Waals surface area contributed by atoms with Gasteiger partial charge in [0.05, 0.1) is 5.54 Å². The van der Waals surface area contributed by atoms with E-state index in [9.17, 15) is 9.59 Å². The molecule has 0 bridgehead atoms. The van der Waals surface area contributed by atoms with E-state index in [1.54, 1.807) is 0 Å². The molecule has 0 fully saturated rings. The van der Waals surface area contributed by atoms with E-state index in [0.29, 0.717) is 0 Å². The van der Waals surface area contributed by atoms with E-state index in [1.807, 2.05) is 19.9 Å². The van der Waals surface area contributed by atoms with Crippen LogP contribution in [0.5, 0.6) is 0 Å². The molecule has 150 valence electrons. The maximum Gasteiger partial charge on any atom is 0.264 e. The number of hydrogen-bond acceptors (Lipinski definition) is 2. The second kappa shape index (κ2) is 8.41. The first-order chi connectivity index (χ1) is 11.4. The van der Waals surface area contributed by atoms with E-state index in [0.717, 1.165) is 12.8 Å². The smallest absolute Gasteiger partial charge is 0.264 e. The SMILES string of the molecule is C=CC(=O)N(NC(=O)C=CC(C)(C)CC(C)(C)C)C(C)(C)CC(C)(C)C. The molecule has 0 saturated heterocycles. The number of carbonyl (C=O) groups is 2. The number of rotatable bonds is 6. The van der Waals surface area contributed by atoms with Crippen molar-refractivity contribution in [2.45, 2.75) is 87.6 Å². The average molecular weight is 365 g/mol. The van der Waals surface area contributed by atoms with E-state index < -0.39 is 5.54 Å². The number of nitrogens with one attached hydrogen (secondary N) is 1. The Morgan fingerprint density at radius 1 is 0.885 bits per heavy atom. The van der Waals surface area contributed by atoms with E-state index in [-0.39, 0.29) is 28.1 Å². The Labute approximate surface area is 161 Å². The van der Waals surface area contributed by atoms with Crippen LogP contribution in [0.2, 0.25) is 0 Å². The van der Waals surface area contributed by atoms with Gasteiger partial charge in [0.15, 0.2) is 0 Å². The van der Waals surface area contributed by atoms with Crippen molar-refractivity contribution in [1.29, 1.82) is 0 Å². The number of hydrazine groups is 1. The Morgan fingerprint density at radius 2 is 1.35 bits per heavy atom. The van der Waals surface area contributed by atoms with Crippen LogP contribution in [-0.2, 0) is 9.59 Å². The second-order valence-electron chi connectivity index (χ2n) is 11.0. The average Bonchev–Trinajstić information content (AvgIpc) is 2.36. The normalized spacial score (nSPS) is 13.6. The lowest BCUT2D eigenvalue weighted by molar-refractivity contribution is -0.143. The fourth-order valence-electron chi connectivity index (χ4n) is 3.85. The number of carbonyl (C=O) groups excluding carboxylic acids is 2. The summed E-state index contributed by atoms with van der Waals surface area (Å²) >= 11 is 0. The molecule has 0 spiro atoms. The molecule has 0 aliphatic heterocycles. The molecule has 2 amide bonds. The zero-order chi connectivity index (χ0) is 21.0. The minimum absolute atomic E-state index is 0.0124. The van der Waals surface area contributed by atoms with Crippen molar-refractivity contribution in [3.63, 3.8) is 0 Å². The van der Waals surface area contributed by atoms with Gasteiger partial charge in [0.25, 0.3) is 11.8 Å². The number of allylic oxidation sites excluding steroid dienone is 1. The zero-order valence-corrected chi connectivity index (χ0v) is 18.6. The highest BCUT2D eigenvalue weighted by Gasteiger charge is 2.35. The molecule has 1 N–H and O–H groups in total. The summed E-state index contributed by atoms with van der Waals surface area (Å²) in [5.41, 5.74) is 2.29. The summed E-state index contributed by atoms with van der Waals surface area (Å²) in [5.74, 6) is -0.612. The van der Waals surface area contributed by atoms with Gasteiger partial charge in [0.1, 0.15) is 0 Å². The van der Waals surface area contributed by atoms with Crippen LogP contribution in [0.25, 0.3) is 0 Å². The van der Waals surface area contributed by atoms with Gasteiger partial charge in [0.2, 0.25) is 0 Å². The van der Waals surface area contributed by atoms with Gasteiger partial charge >= 0.3 is 0 Å². The molecule has 0 heterocycles. The van der Waals surface area contributed by atoms with E-state index in [4.69, 9.17) is 0 Å². The van der Waals surface area contributed by atoms with Gasteiger partial charge in [-0.3, -0.25) is 15.0 Å². The van der Waals surface area contributed by atoms with Gasteiger partial charge in [0, 0.05) is 6.08 Å². The first-order valence-corrected chi connectivity index (χ1v) is 9.35. The molecule has 0 aromatic rings. The molecule has 0 unspecified atom stereocenters. The number of amides is 2. The summed E-state index contributed by atoms with van der Waals surface area (Å²) in [5, 5.41) is 1.40. The van der Waals surface area contributed by atoms with Crippen LogP contribution in [0.4, 0.5) is 0 Å². The van der Waals surface area contributed by atoms with E-state index in [1.165, 1.54) is 17.2 Å². The van der Waals surface area contributed by atoms with Crippen molar-refractivity contribution in [3.8, 4) is 0 Å². The third-order valence-corrected chi connectivity index (χ3v) is 3.86. The Hall–Kier alpha value is -1.58. The van der Waals surface area contributed by atoms with Crippen LogP contribution < -0.4 is 5.43 Å². The van der Waals surface area contributed by atoms with Crippen LogP contribution in [0.3, 0.4) is 0 Å². The standard InChI is InChI=1S/C22H40N2O2/c1-12-18(26)24(22(10,11)16-20(5,6)7)23-17(25)13-14-21(8,9)15-19(2,3)4/h12-14H,1,15-16H2,2-11H3,(H,23,25). The minimum Gasteiger partial charge on any atom is -0.268 e. The van der Waals surface area contributed by atoms with Crippen molar-refractivity contribution in [2.75, 3.05) is 0 Å². The molecule has 0 saturated carbocycles. The molecule has 0 aliphatic rings. The highest BCUT2D eigenvalue weighted by atomic mass is 16.2. The lowest BCUT2D eigenvalue weighted by Gasteiger charge is -2.41. The summed E-state index contributed by atoms with van der Waals surface area (Å²) in [6.45, 7) is 24.6. The Morgan fingerprint density at radius 3 is 1.73 bits per heavy atom. The van der Waals surface area contributed by atoms with Gasteiger partial charge in [-0.25, -0.2) is 5.01 Å². The third-order valence-electron chi connectivity index (χ3n) is 3.86. The summed E-state index contributed by atoms with van der Waals surface area (Å²) in [6.07, 6.45) is 6.37. The highest BCUT2D eigenvalue weighted by molar-refractivity contribution is 5.93. The zero-order valence-electron chi connectivity index (χ0n) is 18.6. The largest absolute Gasteiger partial charge is 0.268 e. The lowest BCUT2D eigenvalue weighted by atomic mass is 9.76. The summed E-state index contributed by atoms with van der Waals surface area (Å²) in [4.78, 5) is 24.8. The third kappa shape index (κ3) is 9.79. The van der Waals surface area contributed by atoms with Crippen LogP contribution in [-0.4, -0.2) is 22.4 Å². The Bertz CT molecular complexity index is 543. The molecular formula is C22H40N2O2. The minimum atomic E-state index is -0.534. The van der Waals surface area contributed by atoms with Crippen molar-refractivity contribution in [3.05, 3.63) is 24.8 Å². The lowest BCUT2D eigenvalue weighted by Crippen LogP contribution is -2.57. The van der Waals surface area contributed by atoms with Gasteiger partial charge < -0.3 is 0 Å². The molecule has 26 heavy (non-hydrogen) atoms. The van der Waals surface area contributed by atoms with E-state index >= 15 is 0 Å². The topological polar surface area (TPSA) is 49.4 Å². The number of hydrogen-bond donors (Lipinski definition) is 1. The summed E-state index contributed by atoms with van der Waals surface area (Å²) in [6, 6.07) is 0.